The van der Waals surface area contributed by atoms with E-state index in [0.717, 1.165) is 22.1 Å². The zero-order valence-corrected chi connectivity index (χ0v) is 18.3. The Kier molecular flexibility index (Phi) is 5.80. The van der Waals surface area contributed by atoms with Crippen molar-refractivity contribution in [2.75, 3.05) is 5.32 Å². The lowest BCUT2D eigenvalue weighted by Crippen LogP contribution is -2.19. The van der Waals surface area contributed by atoms with Gasteiger partial charge in [0, 0.05) is 10.3 Å². The van der Waals surface area contributed by atoms with Gasteiger partial charge in [-0.25, -0.2) is 4.98 Å². The lowest BCUT2D eigenvalue weighted by Gasteiger charge is -2.10. The fourth-order valence-electron chi connectivity index (χ4n) is 3.39. The molecule has 0 saturated carbocycles. The average molecular weight is 484 g/mol. The summed E-state index contributed by atoms with van der Waals surface area (Å²) in [4.78, 5) is 30.0. The molecule has 0 aliphatic carbocycles. The molecule has 12 heteroatoms. The molecule has 34 heavy (non-hydrogen) atoms. The van der Waals surface area contributed by atoms with Crippen molar-refractivity contribution in [1.29, 1.82) is 5.26 Å². The number of para-hydroxylation sites is 1. The number of nitrogens with two attached hydrogens (primary N) is 1. The Morgan fingerprint density at radius 2 is 1.97 bits per heavy atom. The summed E-state index contributed by atoms with van der Waals surface area (Å²) in [5, 5.41) is 15.3. The van der Waals surface area contributed by atoms with E-state index in [1.54, 1.807) is 36.4 Å². The molecule has 4 aromatic rings. The molecule has 1 aromatic carbocycles. The summed E-state index contributed by atoms with van der Waals surface area (Å²) in [6, 6.07) is 12.8. The average Bonchev–Trinajstić information content (AvgIpc) is 3.37. The summed E-state index contributed by atoms with van der Waals surface area (Å²) in [6.07, 6.45) is -4.85. The molecule has 0 bridgehead atoms. The van der Waals surface area contributed by atoms with Gasteiger partial charge in [-0.05, 0) is 31.2 Å². The lowest BCUT2D eigenvalue weighted by molar-refractivity contribution is -0.140. The molecule has 0 spiro atoms. The minimum Gasteiger partial charge on any atom is -0.366 e. The van der Waals surface area contributed by atoms with E-state index in [4.69, 9.17) is 11.0 Å². The first kappa shape index (κ1) is 22.9. The van der Waals surface area contributed by atoms with E-state index in [0.29, 0.717) is 20.7 Å². The van der Waals surface area contributed by atoms with Gasteiger partial charge in [0.15, 0.2) is 5.69 Å². The molecule has 172 valence electrons. The Morgan fingerprint density at radius 3 is 2.62 bits per heavy atom. The molecule has 2 amide bonds. The number of nitrogens with zero attached hydrogens (tertiary/aromatic N) is 4. The first-order valence-corrected chi connectivity index (χ1v) is 10.5. The molecule has 0 aliphatic rings. The number of amides is 2. The van der Waals surface area contributed by atoms with E-state index in [1.807, 2.05) is 6.07 Å². The molecule has 4 rings (SSSR count). The van der Waals surface area contributed by atoms with Crippen molar-refractivity contribution in [2.24, 2.45) is 5.73 Å². The topological polar surface area (TPSA) is 127 Å². The molecule has 0 saturated heterocycles. The van der Waals surface area contributed by atoms with Gasteiger partial charge in [-0.1, -0.05) is 18.2 Å². The van der Waals surface area contributed by atoms with Crippen LogP contribution in [0.2, 0.25) is 0 Å². The highest BCUT2D eigenvalue weighted by Crippen LogP contribution is 2.36. The van der Waals surface area contributed by atoms with E-state index in [9.17, 15) is 22.8 Å². The molecule has 0 radical (unpaired) electrons. The van der Waals surface area contributed by atoms with Crippen LogP contribution in [0.4, 0.5) is 18.9 Å². The van der Waals surface area contributed by atoms with Crippen molar-refractivity contribution in [3.05, 3.63) is 74.9 Å². The summed E-state index contributed by atoms with van der Waals surface area (Å²) in [7, 11) is 0. The standard InChI is InChI=1S/C22H15F3N6O2S/c1-11-18(19(22(23,24)25)30-31(11)10-13-7-6-12(9-26)34-13)29-21(33)17-8-15(20(27)32)14-4-2-3-5-16(14)28-17/h2-8H,10H2,1H3,(H2,27,32)(H,29,33). The van der Waals surface area contributed by atoms with E-state index < -0.39 is 29.4 Å². The van der Waals surface area contributed by atoms with Crippen LogP contribution >= 0.6 is 11.3 Å². The molecule has 3 N–H and O–H groups in total. The molecular weight excluding hydrogens is 469 g/mol. The largest absolute Gasteiger partial charge is 0.437 e. The maximum absolute atomic E-state index is 13.7. The third-order valence-corrected chi connectivity index (χ3v) is 5.98. The third-order valence-electron chi connectivity index (χ3n) is 5.01. The van der Waals surface area contributed by atoms with Crippen molar-refractivity contribution in [3.8, 4) is 6.07 Å². The summed E-state index contributed by atoms with van der Waals surface area (Å²) < 4.78 is 42.3. The number of rotatable bonds is 5. The number of fused-ring (bicyclic) bond motifs is 1. The first-order valence-electron chi connectivity index (χ1n) is 9.73. The number of nitriles is 1. The van der Waals surface area contributed by atoms with Crippen molar-refractivity contribution in [3.63, 3.8) is 0 Å². The maximum Gasteiger partial charge on any atom is 0.437 e. The van der Waals surface area contributed by atoms with Gasteiger partial charge in [-0.2, -0.15) is 23.5 Å². The van der Waals surface area contributed by atoms with Crippen LogP contribution in [0.3, 0.4) is 0 Å². The van der Waals surface area contributed by atoms with Crippen molar-refractivity contribution in [1.82, 2.24) is 14.8 Å². The molecule has 3 aromatic heterocycles. The number of hydrogen-bond donors (Lipinski definition) is 2. The summed E-state index contributed by atoms with van der Waals surface area (Å²) in [5.74, 6) is -1.76. The number of pyridine rings is 1. The lowest BCUT2D eigenvalue weighted by atomic mass is 10.1. The van der Waals surface area contributed by atoms with Gasteiger partial charge in [0.05, 0.1) is 29.0 Å². The zero-order chi connectivity index (χ0) is 24.6. The van der Waals surface area contributed by atoms with Gasteiger partial charge < -0.3 is 11.1 Å². The number of benzene rings is 1. The summed E-state index contributed by atoms with van der Waals surface area (Å²) in [5.41, 5.74) is 3.71. The fraction of sp³-hybridized carbons (Fsp3) is 0.136. The quantitative estimate of drug-likeness (QED) is 0.441. The Balaban J connectivity index is 1.73. The number of primary amides is 1. The highest BCUT2D eigenvalue weighted by Gasteiger charge is 2.39. The Bertz CT molecular complexity index is 1480. The highest BCUT2D eigenvalue weighted by molar-refractivity contribution is 7.12. The predicted molar refractivity (Wildman–Crippen MR) is 118 cm³/mol. The van der Waals surface area contributed by atoms with Gasteiger partial charge in [0.2, 0.25) is 5.91 Å². The number of alkyl halides is 3. The number of carbonyl (C=O) groups excluding carboxylic acids is 2. The van der Waals surface area contributed by atoms with E-state index in [1.165, 1.54) is 6.92 Å². The van der Waals surface area contributed by atoms with Gasteiger partial charge in [0.1, 0.15) is 16.6 Å². The van der Waals surface area contributed by atoms with E-state index >= 15 is 0 Å². The van der Waals surface area contributed by atoms with Crippen molar-refractivity contribution in [2.45, 2.75) is 19.6 Å². The zero-order valence-electron chi connectivity index (χ0n) is 17.5. The van der Waals surface area contributed by atoms with Crippen LogP contribution in [0.5, 0.6) is 0 Å². The number of halogens is 3. The molecular formula is C22H15F3N6O2S. The number of anilines is 1. The normalized spacial score (nSPS) is 11.4. The van der Waals surface area contributed by atoms with Crippen LogP contribution in [0, 0.1) is 18.3 Å². The number of nitrogens with one attached hydrogen (secondary N) is 1. The van der Waals surface area contributed by atoms with E-state index in [-0.39, 0.29) is 23.5 Å². The predicted octanol–water partition coefficient (Wildman–Crippen LogP) is 4.09. The van der Waals surface area contributed by atoms with Gasteiger partial charge >= 0.3 is 6.18 Å². The minimum atomic E-state index is -4.85. The van der Waals surface area contributed by atoms with Gasteiger partial charge in [-0.3, -0.25) is 14.3 Å². The number of hydrogen-bond acceptors (Lipinski definition) is 6. The third kappa shape index (κ3) is 4.33. The second kappa shape index (κ2) is 8.60. The second-order valence-corrected chi connectivity index (χ2v) is 8.40. The number of aromatic nitrogens is 3. The van der Waals surface area contributed by atoms with Crippen LogP contribution in [-0.4, -0.2) is 26.6 Å². The molecule has 0 fully saturated rings. The molecule has 0 aliphatic heterocycles. The van der Waals surface area contributed by atoms with Crippen LogP contribution < -0.4 is 11.1 Å². The fourth-order valence-corrected chi connectivity index (χ4v) is 4.18. The van der Waals surface area contributed by atoms with Crippen molar-refractivity contribution < 1.29 is 22.8 Å². The van der Waals surface area contributed by atoms with Crippen LogP contribution in [-0.2, 0) is 12.7 Å². The molecule has 8 nitrogen and oxygen atoms in total. The SMILES string of the molecule is Cc1c(NC(=O)c2cc(C(N)=O)c3ccccc3n2)c(C(F)(F)F)nn1Cc1ccc(C#N)s1. The Morgan fingerprint density at radius 1 is 1.24 bits per heavy atom. The van der Waals surface area contributed by atoms with Crippen LogP contribution in [0.25, 0.3) is 10.9 Å². The smallest absolute Gasteiger partial charge is 0.366 e. The highest BCUT2D eigenvalue weighted by atomic mass is 32.1. The first-order chi connectivity index (χ1) is 16.1. The maximum atomic E-state index is 13.7. The Hall–Kier alpha value is -4.24. The van der Waals surface area contributed by atoms with E-state index in [2.05, 4.69) is 15.4 Å². The minimum absolute atomic E-state index is 0.0167. The van der Waals surface area contributed by atoms with Gasteiger partial charge in [0.25, 0.3) is 5.91 Å². The molecule has 0 atom stereocenters. The van der Waals surface area contributed by atoms with Gasteiger partial charge in [-0.15, -0.1) is 11.3 Å². The van der Waals surface area contributed by atoms with Crippen molar-refractivity contribution >= 4 is 39.7 Å². The number of carbonyl (C=O) groups is 2. The second-order valence-electron chi connectivity index (χ2n) is 7.23. The summed E-state index contributed by atoms with van der Waals surface area (Å²) >= 11 is 1.13. The molecule has 0 unspecified atom stereocenters. The Labute approximate surface area is 194 Å². The van der Waals surface area contributed by atoms with Crippen LogP contribution in [0.1, 0.15) is 42.0 Å². The monoisotopic (exact) mass is 484 g/mol. The molecule has 3 heterocycles. The van der Waals surface area contributed by atoms with Crippen LogP contribution in [0.15, 0.2) is 42.5 Å². The number of thiophene rings is 1. The summed E-state index contributed by atoms with van der Waals surface area (Å²) in [6.45, 7) is 1.37.